The molecular weight excluding hydrogens is 262 g/mol. The molecule has 0 aromatic rings. The number of hydrogen-bond donors (Lipinski definition) is 0. The normalized spacial score (nSPS) is 15.4. The second-order valence-electron chi connectivity index (χ2n) is 5.10. The van der Waals surface area contributed by atoms with E-state index in [2.05, 4.69) is 25.0 Å². The number of hydrogen-bond acceptors (Lipinski definition) is 4. The van der Waals surface area contributed by atoms with E-state index in [1.807, 2.05) is 0 Å². The average Bonchev–Trinajstić information content (AvgIpc) is 2.35. The fourth-order valence-electron chi connectivity index (χ4n) is 1.77. The van der Waals surface area contributed by atoms with Gasteiger partial charge in [-0.15, -0.1) is 11.8 Å². The van der Waals surface area contributed by atoms with Crippen LogP contribution in [0, 0.1) is 0 Å². The molecule has 0 saturated carbocycles. The van der Waals surface area contributed by atoms with Crippen LogP contribution in [0.5, 0.6) is 0 Å². The molecule has 1 aliphatic rings. The molecular formula is C13H23NO2SSi. The highest BCUT2D eigenvalue weighted by Gasteiger charge is 2.28. The fourth-order valence-corrected chi connectivity index (χ4v) is 4.29. The van der Waals surface area contributed by atoms with E-state index in [1.54, 1.807) is 12.4 Å². The summed E-state index contributed by atoms with van der Waals surface area (Å²) in [7, 11) is -1.86. The van der Waals surface area contributed by atoms with Gasteiger partial charge in [0.15, 0.2) is 0 Å². The summed E-state index contributed by atoms with van der Waals surface area (Å²) in [5.74, 6) is 0.586. The largest absolute Gasteiger partial charge is 0.516 e. The van der Waals surface area contributed by atoms with Gasteiger partial charge in [0.1, 0.15) is 4.91 Å². The van der Waals surface area contributed by atoms with Crippen LogP contribution in [0.4, 0.5) is 0 Å². The lowest BCUT2D eigenvalue weighted by Crippen LogP contribution is -2.33. The van der Waals surface area contributed by atoms with Gasteiger partial charge in [-0.25, -0.2) is 4.79 Å². The van der Waals surface area contributed by atoms with Crippen molar-refractivity contribution < 1.29 is 9.22 Å². The summed E-state index contributed by atoms with van der Waals surface area (Å²) in [6.45, 7) is 6.44. The Morgan fingerprint density at radius 2 is 2.22 bits per heavy atom. The van der Waals surface area contributed by atoms with Gasteiger partial charge in [0.05, 0.1) is 0 Å². The monoisotopic (exact) mass is 285 g/mol. The van der Waals surface area contributed by atoms with Crippen LogP contribution in [0.3, 0.4) is 0 Å². The van der Waals surface area contributed by atoms with E-state index in [4.69, 9.17) is 4.43 Å². The smallest absolute Gasteiger partial charge is 0.332 e. The van der Waals surface area contributed by atoms with Crippen molar-refractivity contribution in [1.29, 1.82) is 0 Å². The van der Waals surface area contributed by atoms with Crippen molar-refractivity contribution in [1.82, 2.24) is 0 Å². The van der Waals surface area contributed by atoms with Crippen LogP contribution >= 0.6 is 11.8 Å². The maximum Gasteiger partial charge on any atom is 0.332 e. The van der Waals surface area contributed by atoms with Gasteiger partial charge in [0.25, 0.3) is 0 Å². The number of aliphatic imine (C=N–C) groups is 1. The molecule has 1 heterocycles. The molecule has 0 amide bonds. The van der Waals surface area contributed by atoms with Crippen molar-refractivity contribution in [2.24, 2.45) is 4.99 Å². The third-order valence-electron chi connectivity index (χ3n) is 2.81. The quantitative estimate of drug-likeness (QED) is 0.525. The summed E-state index contributed by atoms with van der Waals surface area (Å²) in [4.78, 5) is 16.6. The minimum Gasteiger partial charge on any atom is -0.516 e. The van der Waals surface area contributed by atoms with Gasteiger partial charge in [-0.1, -0.05) is 32.6 Å². The first kappa shape index (κ1) is 15.5. The molecule has 1 rings (SSSR count). The number of carbonyl (C=O) groups is 1. The van der Waals surface area contributed by atoms with E-state index >= 15 is 0 Å². The van der Waals surface area contributed by atoms with E-state index in [-0.39, 0.29) is 5.97 Å². The zero-order chi connectivity index (χ0) is 13.4. The molecule has 0 aromatic heterocycles. The lowest BCUT2D eigenvalue weighted by Gasteiger charge is -2.23. The Hall–Kier alpha value is -0.553. The number of nitrogens with zero attached hydrogens (tertiary/aromatic N) is 1. The van der Waals surface area contributed by atoms with E-state index in [1.165, 1.54) is 37.4 Å². The SMILES string of the molecule is CCCCCC[Si](C)(C)OC(=O)C1=CN=CCS1. The number of thioether (sulfide) groups is 1. The van der Waals surface area contributed by atoms with E-state index in [9.17, 15) is 4.79 Å². The van der Waals surface area contributed by atoms with Crippen LogP contribution in [0.25, 0.3) is 0 Å². The van der Waals surface area contributed by atoms with Gasteiger partial charge in [0.2, 0.25) is 8.32 Å². The molecule has 0 aromatic carbocycles. The van der Waals surface area contributed by atoms with Crippen molar-refractivity contribution in [3.63, 3.8) is 0 Å². The van der Waals surface area contributed by atoms with Crippen molar-refractivity contribution in [3.05, 3.63) is 11.1 Å². The molecule has 0 spiro atoms. The maximum atomic E-state index is 12.0. The summed E-state index contributed by atoms with van der Waals surface area (Å²) in [5.41, 5.74) is 0. The van der Waals surface area contributed by atoms with Crippen LogP contribution < -0.4 is 0 Å². The summed E-state index contributed by atoms with van der Waals surface area (Å²) in [6, 6.07) is 1.06. The molecule has 0 bridgehead atoms. The molecule has 0 aliphatic carbocycles. The highest BCUT2D eigenvalue weighted by molar-refractivity contribution is 8.04. The fraction of sp³-hybridized carbons (Fsp3) is 0.692. The first-order valence-electron chi connectivity index (χ1n) is 6.63. The lowest BCUT2D eigenvalue weighted by atomic mass is 10.2. The van der Waals surface area contributed by atoms with Gasteiger partial charge in [0, 0.05) is 18.2 Å². The third kappa shape index (κ3) is 5.86. The van der Waals surface area contributed by atoms with Gasteiger partial charge in [-0.3, -0.25) is 4.99 Å². The number of unbranched alkanes of at least 4 members (excludes halogenated alkanes) is 3. The molecule has 0 unspecified atom stereocenters. The molecule has 0 fully saturated rings. The number of rotatable bonds is 7. The third-order valence-corrected chi connectivity index (χ3v) is 6.01. The van der Waals surface area contributed by atoms with Crippen LogP contribution in [0.2, 0.25) is 19.1 Å². The highest BCUT2D eigenvalue weighted by Crippen LogP contribution is 2.23. The van der Waals surface area contributed by atoms with Gasteiger partial charge in [-0.2, -0.15) is 0 Å². The molecule has 102 valence electrons. The summed E-state index contributed by atoms with van der Waals surface area (Å²) >= 11 is 1.50. The van der Waals surface area contributed by atoms with Crippen LogP contribution in [0.15, 0.2) is 16.1 Å². The Morgan fingerprint density at radius 3 is 2.83 bits per heavy atom. The molecule has 18 heavy (non-hydrogen) atoms. The molecule has 5 heteroatoms. The zero-order valence-electron chi connectivity index (χ0n) is 11.6. The predicted molar refractivity (Wildman–Crippen MR) is 81.6 cm³/mol. The van der Waals surface area contributed by atoms with Gasteiger partial charge >= 0.3 is 5.97 Å². The molecule has 0 radical (unpaired) electrons. The van der Waals surface area contributed by atoms with E-state index < -0.39 is 8.32 Å². The molecule has 0 saturated heterocycles. The van der Waals surface area contributed by atoms with Crippen molar-refractivity contribution in [2.75, 3.05) is 5.75 Å². The topological polar surface area (TPSA) is 38.7 Å². The van der Waals surface area contributed by atoms with Crippen LogP contribution in [-0.2, 0) is 9.22 Å². The van der Waals surface area contributed by atoms with E-state index in [0.717, 1.165) is 11.8 Å². The Morgan fingerprint density at radius 1 is 1.44 bits per heavy atom. The first-order chi connectivity index (χ1) is 8.55. The van der Waals surface area contributed by atoms with Crippen LogP contribution in [-0.4, -0.2) is 26.3 Å². The van der Waals surface area contributed by atoms with Crippen LogP contribution in [0.1, 0.15) is 32.6 Å². The zero-order valence-corrected chi connectivity index (χ0v) is 13.4. The minimum absolute atomic E-state index is 0.177. The predicted octanol–water partition coefficient (Wildman–Crippen LogP) is 3.97. The Balaban J connectivity index is 2.36. The summed E-state index contributed by atoms with van der Waals surface area (Å²) in [5, 5.41) is 0. The highest BCUT2D eigenvalue weighted by atomic mass is 32.2. The summed E-state index contributed by atoms with van der Waals surface area (Å²) < 4.78 is 5.69. The standard InChI is InChI=1S/C13H23NO2SSi/c1-4-5-6-7-10-18(2,3)16-13(15)12-11-14-8-9-17-12/h8,11H,4-7,9-10H2,1-3H3. The van der Waals surface area contributed by atoms with E-state index in [0.29, 0.717) is 4.91 Å². The van der Waals surface area contributed by atoms with Crippen molar-refractivity contribution in [2.45, 2.75) is 51.7 Å². The second kappa shape index (κ2) is 7.79. The Bertz CT molecular complexity index is 340. The molecule has 0 N–H and O–H groups in total. The average molecular weight is 285 g/mol. The van der Waals surface area contributed by atoms with Crippen molar-refractivity contribution >= 4 is 32.3 Å². The Labute approximate surface area is 115 Å². The van der Waals surface area contributed by atoms with Gasteiger partial charge < -0.3 is 4.43 Å². The first-order valence-corrected chi connectivity index (χ1v) is 10.7. The second-order valence-corrected chi connectivity index (χ2v) is 10.4. The summed E-state index contributed by atoms with van der Waals surface area (Å²) in [6.07, 6.45) is 8.33. The Kier molecular flexibility index (Phi) is 6.71. The minimum atomic E-state index is -1.86. The molecule has 3 nitrogen and oxygen atoms in total. The molecule has 1 aliphatic heterocycles. The maximum absolute atomic E-state index is 12.0. The number of carbonyl (C=O) groups excluding carboxylic acids is 1. The van der Waals surface area contributed by atoms with Gasteiger partial charge in [-0.05, 0) is 19.1 Å². The lowest BCUT2D eigenvalue weighted by molar-refractivity contribution is -0.130. The molecule has 0 atom stereocenters. The van der Waals surface area contributed by atoms with Crippen molar-refractivity contribution in [3.8, 4) is 0 Å².